The van der Waals surface area contributed by atoms with E-state index in [1.165, 1.54) is 4.90 Å². The number of carbonyl (C=O) groups excluding carboxylic acids is 1. The zero-order chi connectivity index (χ0) is 7.86. The molecule has 0 heterocycles. The molecule has 0 aromatic rings. The van der Waals surface area contributed by atoms with E-state index in [0.29, 0.717) is 0 Å². The van der Waals surface area contributed by atoms with Crippen molar-refractivity contribution in [1.82, 2.24) is 4.90 Å². The molecule has 9 heavy (non-hydrogen) atoms. The Bertz CT molecular complexity index is 93.8. The van der Waals surface area contributed by atoms with Crippen LogP contribution in [0.2, 0.25) is 0 Å². The summed E-state index contributed by atoms with van der Waals surface area (Å²) in [6.07, 6.45) is 0. The maximum Gasteiger partial charge on any atom is 0.290 e. The van der Waals surface area contributed by atoms with Crippen LogP contribution in [-0.2, 0) is 4.79 Å². The second-order valence-corrected chi connectivity index (χ2v) is 1.66. The Hall–Kier alpha value is -0.710. The summed E-state index contributed by atoms with van der Waals surface area (Å²) in [6, 6.07) is 0. The van der Waals surface area contributed by atoms with Gasteiger partial charge in [-0.25, -0.2) is 0 Å². The van der Waals surface area contributed by atoms with E-state index in [1.54, 1.807) is 14.1 Å². The van der Waals surface area contributed by atoms with Crippen LogP contribution in [-0.4, -0.2) is 35.8 Å². The molecule has 0 fully saturated rings. The summed E-state index contributed by atoms with van der Waals surface area (Å²) in [5.41, 5.74) is 0. The first-order valence-electron chi connectivity index (χ1n) is 2.04. The minimum Gasteiger partial charge on any atom is -0.483 e. The SMILES string of the molecule is CN(C)C(=O)S.O=CO. The second kappa shape index (κ2) is 7.29. The molecule has 0 aromatic heterocycles. The van der Waals surface area contributed by atoms with Crippen LogP contribution >= 0.6 is 12.6 Å². The molecule has 0 saturated heterocycles. The lowest BCUT2D eigenvalue weighted by molar-refractivity contribution is -0.122. The number of amides is 1. The van der Waals surface area contributed by atoms with E-state index in [0.717, 1.165) is 0 Å². The zero-order valence-electron chi connectivity index (χ0n) is 5.24. The van der Waals surface area contributed by atoms with Crippen LogP contribution in [0.4, 0.5) is 4.79 Å². The second-order valence-electron chi connectivity index (χ2n) is 1.28. The number of hydrogen-bond donors (Lipinski definition) is 2. The third-order valence-electron chi connectivity index (χ3n) is 0.383. The van der Waals surface area contributed by atoms with E-state index in [-0.39, 0.29) is 11.7 Å². The van der Waals surface area contributed by atoms with Gasteiger partial charge in [0.25, 0.3) is 11.7 Å². The first-order chi connectivity index (χ1) is 4.06. The molecule has 0 saturated carbocycles. The highest BCUT2D eigenvalue weighted by molar-refractivity contribution is 7.96. The molecule has 0 aliphatic heterocycles. The van der Waals surface area contributed by atoms with Crippen molar-refractivity contribution >= 4 is 24.3 Å². The third kappa shape index (κ3) is 18.8. The molecular formula is C4H9NO3S. The number of carboxylic acid groups (broad SMARTS) is 1. The molecular weight excluding hydrogens is 142 g/mol. The first-order valence-corrected chi connectivity index (χ1v) is 2.49. The number of hydrogen-bond acceptors (Lipinski definition) is 2. The Labute approximate surface area is 58.9 Å². The van der Waals surface area contributed by atoms with Gasteiger partial charge >= 0.3 is 0 Å². The van der Waals surface area contributed by atoms with Gasteiger partial charge < -0.3 is 10.0 Å². The molecule has 0 aliphatic rings. The lowest BCUT2D eigenvalue weighted by Gasteiger charge is -2.01. The van der Waals surface area contributed by atoms with E-state index in [2.05, 4.69) is 12.6 Å². The monoisotopic (exact) mass is 151 g/mol. The summed E-state index contributed by atoms with van der Waals surface area (Å²) in [7, 11) is 3.30. The maximum atomic E-state index is 9.93. The van der Waals surface area contributed by atoms with Crippen LogP contribution < -0.4 is 0 Å². The lowest BCUT2D eigenvalue weighted by Crippen LogP contribution is -2.13. The van der Waals surface area contributed by atoms with Gasteiger partial charge in [-0.2, -0.15) is 0 Å². The summed E-state index contributed by atoms with van der Waals surface area (Å²) in [4.78, 5) is 19.7. The molecule has 0 spiro atoms. The largest absolute Gasteiger partial charge is 0.483 e. The summed E-state index contributed by atoms with van der Waals surface area (Å²) < 4.78 is 0. The predicted octanol–water partition coefficient (Wildman–Crippen LogP) is 0.299. The van der Waals surface area contributed by atoms with Crippen molar-refractivity contribution in [2.75, 3.05) is 14.1 Å². The molecule has 54 valence electrons. The van der Waals surface area contributed by atoms with Crippen LogP contribution in [0.3, 0.4) is 0 Å². The number of carbonyl (C=O) groups is 2. The van der Waals surface area contributed by atoms with Gasteiger partial charge in [0.1, 0.15) is 0 Å². The minimum absolute atomic E-state index is 0.213. The van der Waals surface area contributed by atoms with E-state index in [4.69, 9.17) is 9.90 Å². The Balaban J connectivity index is 0. The fraction of sp³-hybridized carbons (Fsp3) is 0.500. The molecule has 0 atom stereocenters. The number of rotatable bonds is 0. The Morgan fingerprint density at radius 3 is 1.78 bits per heavy atom. The molecule has 0 aliphatic carbocycles. The summed E-state index contributed by atoms with van der Waals surface area (Å²) in [5.74, 6) is 0. The molecule has 4 nitrogen and oxygen atoms in total. The lowest BCUT2D eigenvalue weighted by atomic mass is 11.0. The zero-order valence-corrected chi connectivity index (χ0v) is 6.13. The highest BCUT2D eigenvalue weighted by Crippen LogP contribution is 1.82. The Morgan fingerprint density at radius 2 is 1.78 bits per heavy atom. The molecule has 0 rings (SSSR count). The van der Waals surface area contributed by atoms with Gasteiger partial charge in [-0.15, -0.1) is 0 Å². The van der Waals surface area contributed by atoms with Crippen LogP contribution in [0.15, 0.2) is 0 Å². The van der Waals surface area contributed by atoms with Gasteiger partial charge in [-0.1, -0.05) is 12.6 Å². The van der Waals surface area contributed by atoms with E-state index < -0.39 is 0 Å². The summed E-state index contributed by atoms with van der Waals surface area (Å²) in [5, 5.41) is 6.68. The number of thiol groups is 1. The van der Waals surface area contributed by atoms with Crippen molar-refractivity contribution in [3.8, 4) is 0 Å². The Morgan fingerprint density at radius 1 is 1.67 bits per heavy atom. The number of nitrogens with zero attached hydrogens (tertiary/aromatic N) is 1. The topological polar surface area (TPSA) is 57.6 Å². The molecule has 1 N–H and O–H groups in total. The maximum absolute atomic E-state index is 9.93. The fourth-order valence-electron chi connectivity index (χ4n) is 0. The predicted molar refractivity (Wildman–Crippen MR) is 36.8 cm³/mol. The van der Waals surface area contributed by atoms with Gasteiger partial charge in [0.2, 0.25) is 0 Å². The van der Waals surface area contributed by atoms with E-state index in [1.807, 2.05) is 0 Å². The van der Waals surface area contributed by atoms with Gasteiger partial charge in [-0.05, 0) is 0 Å². The van der Waals surface area contributed by atoms with Crippen molar-refractivity contribution in [1.29, 1.82) is 0 Å². The summed E-state index contributed by atoms with van der Waals surface area (Å²) in [6.45, 7) is -0.250. The van der Waals surface area contributed by atoms with Crippen LogP contribution in [0.5, 0.6) is 0 Å². The van der Waals surface area contributed by atoms with Gasteiger partial charge in [0.05, 0.1) is 0 Å². The average Bonchev–Trinajstić information content (AvgIpc) is 1.68. The van der Waals surface area contributed by atoms with Gasteiger partial charge in [-0.3, -0.25) is 9.59 Å². The molecule has 0 radical (unpaired) electrons. The summed E-state index contributed by atoms with van der Waals surface area (Å²) >= 11 is 3.48. The highest BCUT2D eigenvalue weighted by Gasteiger charge is 1.89. The molecule has 1 amide bonds. The van der Waals surface area contributed by atoms with Crippen molar-refractivity contribution in [3.05, 3.63) is 0 Å². The standard InChI is InChI=1S/C3H7NOS.CH2O2/c1-4(2)3(5)6;2-1-3/h1-2H3,(H,5,6);1H,(H,2,3). The Kier molecular flexibility index (Phi) is 9.02. The highest BCUT2D eigenvalue weighted by atomic mass is 32.1. The van der Waals surface area contributed by atoms with Crippen LogP contribution in [0, 0.1) is 0 Å². The quantitative estimate of drug-likeness (QED) is 0.386. The molecule has 0 unspecified atom stereocenters. The van der Waals surface area contributed by atoms with E-state index >= 15 is 0 Å². The van der Waals surface area contributed by atoms with Crippen molar-refractivity contribution < 1.29 is 14.7 Å². The smallest absolute Gasteiger partial charge is 0.290 e. The van der Waals surface area contributed by atoms with Crippen LogP contribution in [0.25, 0.3) is 0 Å². The third-order valence-corrected chi connectivity index (χ3v) is 0.783. The molecule has 5 heteroatoms. The van der Waals surface area contributed by atoms with Crippen molar-refractivity contribution in [2.24, 2.45) is 0 Å². The van der Waals surface area contributed by atoms with Crippen LogP contribution in [0.1, 0.15) is 0 Å². The van der Waals surface area contributed by atoms with Gasteiger partial charge in [0.15, 0.2) is 0 Å². The van der Waals surface area contributed by atoms with Gasteiger partial charge in [0, 0.05) is 14.1 Å². The minimum atomic E-state index is -0.250. The van der Waals surface area contributed by atoms with Crippen molar-refractivity contribution in [3.63, 3.8) is 0 Å². The van der Waals surface area contributed by atoms with E-state index in [9.17, 15) is 4.79 Å². The van der Waals surface area contributed by atoms with Crippen molar-refractivity contribution in [2.45, 2.75) is 0 Å². The first kappa shape index (κ1) is 11.1. The molecule has 0 bridgehead atoms. The molecule has 0 aromatic carbocycles. The normalized spacial score (nSPS) is 6.56. The fourth-order valence-corrected chi connectivity index (χ4v) is 0. The average molecular weight is 151 g/mol.